The van der Waals surface area contributed by atoms with Gasteiger partial charge in [0.25, 0.3) is 0 Å². The SMILES string of the molecule is COc1ccc(C(N[C@H](C)c2cc(F)cc(F)c2)c2cccc(N)c2)cc1. The highest BCUT2D eigenvalue weighted by Gasteiger charge is 2.19. The summed E-state index contributed by atoms with van der Waals surface area (Å²) in [4.78, 5) is 0. The highest BCUT2D eigenvalue weighted by atomic mass is 19.1. The molecule has 5 heteroatoms. The standard InChI is InChI=1S/C22H22F2N2O/c1-14(17-10-18(23)13-19(24)11-17)26-22(16-4-3-5-20(25)12-16)15-6-8-21(27-2)9-7-15/h3-14,22,26H,25H2,1-2H3/t14-,22?/m1/s1. The van der Waals surface area contributed by atoms with E-state index in [1.54, 1.807) is 7.11 Å². The Kier molecular flexibility index (Phi) is 5.72. The summed E-state index contributed by atoms with van der Waals surface area (Å²) in [5.41, 5.74) is 9.09. The van der Waals surface area contributed by atoms with Crippen LogP contribution >= 0.6 is 0 Å². The first kappa shape index (κ1) is 18.9. The molecule has 0 aliphatic heterocycles. The molecule has 0 saturated carbocycles. The topological polar surface area (TPSA) is 47.3 Å². The Balaban J connectivity index is 1.95. The van der Waals surface area contributed by atoms with Crippen molar-refractivity contribution in [3.63, 3.8) is 0 Å². The minimum Gasteiger partial charge on any atom is -0.497 e. The molecule has 3 nitrogen and oxygen atoms in total. The van der Waals surface area contributed by atoms with Gasteiger partial charge in [0.05, 0.1) is 13.2 Å². The Labute approximate surface area is 157 Å². The first-order valence-electron chi connectivity index (χ1n) is 8.67. The lowest BCUT2D eigenvalue weighted by molar-refractivity contribution is 0.414. The second kappa shape index (κ2) is 8.18. The average Bonchev–Trinajstić information content (AvgIpc) is 2.65. The summed E-state index contributed by atoms with van der Waals surface area (Å²) in [5.74, 6) is -0.433. The largest absolute Gasteiger partial charge is 0.497 e. The van der Waals surface area contributed by atoms with Crippen molar-refractivity contribution in [2.75, 3.05) is 12.8 Å². The van der Waals surface area contributed by atoms with E-state index in [1.165, 1.54) is 12.1 Å². The van der Waals surface area contributed by atoms with Gasteiger partial charge in [-0.05, 0) is 60.0 Å². The second-order valence-electron chi connectivity index (χ2n) is 6.47. The number of halogens is 2. The van der Waals surface area contributed by atoms with E-state index in [4.69, 9.17) is 10.5 Å². The summed E-state index contributed by atoms with van der Waals surface area (Å²) in [5, 5.41) is 3.46. The third-order valence-electron chi connectivity index (χ3n) is 4.49. The molecule has 27 heavy (non-hydrogen) atoms. The van der Waals surface area contributed by atoms with Crippen molar-refractivity contribution in [2.45, 2.75) is 19.0 Å². The quantitative estimate of drug-likeness (QED) is 0.602. The van der Waals surface area contributed by atoms with Crippen LogP contribution in [0.3, 0.4) is 0 Å². The van der Waals surface area contributed by atoms with Gasteiger partial charge < -0.3 is 10.5 Å². The Morgan fingerprint density at radius 3 is 2.11 bits per heavy atom. The van der Waals surface area contributed by atoms with Crippen molar-refractivity contribution in [3.8, 4) is 5.75 Å². The number of methoxy groups -OCH3 is 1. The van der Waals surface area contributed by atoms with Crippen molar-refractivity contribution in [1.82, 2.24) is 5.32 Å². The molecule has 0 bridgehead atoms. The van der Waals surface area contributed by atoms with Gasteiger partial charge >= 0.3 is 0 Å². The molecule has 1 unspecified atom stereocenters. The molecule has 140 valence electrons. The second-order valence-corrected chi connectivity index (χ2v) is 6.47. The fraction of sp³-hybridized carbons (Fsp3) is 0.182. The van der Waals surface area contributed by atoms with Gasteiger partial charge in [0.2, 0.25) is 0 Å². The molecule has 3 N–H and O–H groups in total. The highest BCUT2D eigenvalue weighted by Crippen LogP contribution is 2.29. The lowest BCUT2D eigenvalue weighted by atomic mass is 9.96. The van der Waals surface area contributed by atoms with Crippen LogP contribution in [-0.4, -0.2) is 7.11 Å². The van der Waals surface area contributed by atoms with Crippen LogP contribution in [0.4, 0.5) is 14.5 Å². The molecule has 0 aromatic heterocycles. The summed E-state index contributed by atoms with van der Waals surface area (Å²) in [6, 6.07) is 18.3. The summed E-state index contributed by atoms with van der Waals surface area (Å²) >= 11 is 0. The molecule has 2 atom stereocenters. The predicted octanol–water partition coefficient (Wildman–Crippen LogP) is 5.00. The number of nitrogens with one attached hydrogen (secondary N) is 1. The predicted molar refractivity (Wildman–Crippen MR) is 104 cm³/mol. The van der Waals surface area contributed by atoms with E-state index in [0.717, 1.165) is 22.9 Å². The fourth-order valence-electron chi connectivity index (χ4n) is 3.09. The van der Waals surface area contributed by atoms with E-state index in [9.17, 15) is 8.78 Å². The van der Waals surface area contributed by atoms with Gasteiger partial charge in [-0.1, -0.05) is 24.3 Å². The molecule has 0 spiro atoms. The van der Waals surface area contributed by atoms with Crippen molar-refractivity contribution in [3.05, 3.63) is 95.1 Å². The average molecular weight is 368 g/mol. The molecule has 0 saturated heterocycles. The maximum absolute atomic E-state index is 13.6. The third kappa shape index (κ3) is 4.63. The van der Waals surface area contributed by atoms with Gasteiger partial charge in [-0.3, -0.25) is 5.32 Å². The zero-order chi connectivity index (χ0) is 19.4. The van der Waals surface area contributed by atoms with E-state index < -0.39 is 11.6 Å². The van der Waals surface area contributed by atoms with E-state index >= 15 is 0 Å². The van der Waals surface area contributed by atoms with Crippen LogP contribution in [0.5, 0.6) is 5.75 Å². The molecular formula is C22H22F2N2O. The molecule has 0 radical (unpaired) electrons. The van der Waals surface area contributed by atoms with Gasteiger partial charge in [-0.15, -0.1) is 0 Å². The highest BCUT2D eigenvalue weighted by molar-refractivity contribution is 5.45. The maximum Gasteiger partial charge on any atom is 0.126 e. The third-order valence-corrected chi connectivity index (χ3v) is 4.49. The molecular weight excluding hydrogens is 346 g/mol. The molecule has 0 heterocycles. The number of hydrogen-bond acceptors (Lipinski definition) is 3. The van der Waals surface area contributed by atoms with Crippen LogP contribution in [0.25, 0.3) is 0 Å². The van der Waals surface area contributed by atoms with Crippen LogP contribution in [0, 0.1) is 11.6 Å². The maximum atomic E-state index is 13.6. The Hall–Kier alpha value is -2.92. The van der Waals surface area contributed by atoms with Gasteiger partial charge in [0.15, 0.2) is 0 Å². The minimum absolute atomic E-state index is 0.208. The molecule has 0 aliphatic carbocycles. The van der Waals surface area contributed by atoms with Crippen LogP contribution in [0.15, 0.2) is 66.7 Å². The summed E-state index contributed by atoms with van der Waals surface area (Å²) in [6.45, 7) is 1.87. The Morgan fingerprint density at radius 2 is 1.52 bits per heavy atom. The Bertz CT molecular complexity index is 892. The lowest BCUT2D eigenvalue weighted by Crippen LogP contribution is -2.26. The van der Waals surface area contributed by atoms with Crippen LogP contribution < -0.4 is 15.8 Å². The van der Waals surface area contributed by atoms with E-state index in [2.05, 4.69) is 5.32 Å². The van der Waals surface area contributed by atoms with E-state index in [-0.39, 0.29) is 12.1 Å². The fourth-order valence-corrected chi connectivity index (χ4v) is 3.09. The van der Waals surface area contributed by atoms with E-state index in [0.29, 0.717) is 11.3 Å². The summed E-state index contributed by atoms with van der Waals surface area (Å²) < 4.78 is 32.4. The van der Waals surface area contributed by atoms with Gasteiger partial charge in [-0.2, -0.15) is 0 Å². The monoisotopic (exact) mass is 368 g/mol. The number of hydrogen-bond donors (Lipinski definition) is 2. The smallest absolute Gasteiger partial charge is 0.126 e. The number of benzene rings is 3. The molecule has 0 fully saturated rings. The van der Waals surface area contributed by atoms with Crippen molar-refractivity contribution >= 4 is 5.69 Å². The van der Waals surface area contributed by atoms with E-state index in [1.807, 2.05) is 55.5 Å². The first-order chi connectivity index (χ1) is 13.0. The van der Waals surface area contributed by atoms with Crippen LogP contribution in [0.1, 0.15) is 35.7 Å². The molecule has 0 aliphatic rings. The number of anilines is 1. The van der Waals surface area contributed by atoms with Crippen molar-refractivity contribution in [1.29, 1.82) is 0 Å². The summed E-state index contributed by atoms with van der Waals surface area (Å²) in [6.07, 6.45) is 0. The van der Waals surface area contributed by atoms with Gasteiger partial charge in [0, 0.05) is 17.8 Å². The molecule has 3 rings (SSSR count). The number of nitrogen functional groups attached to an aromatic ring is 1. The van der Waals surface area contributed by atoms with Crippen molar-refractivity contribution < 1.29 is 13.5 Å². The first-order valence-corrected chi connectivity index (χ1v) is 8.67. The zero-order valence-corrected chi connectivity index (χ0v) is 15.2. The molecule has 0 amide bonds. The minimum atomic E-state index is -0.594. The number of ether oxygens (including phenoxy) is 1. The number of nitrogens with two attached hydrogens (primary N) is 1. The molecule has 3 aromatic rings. The zero-order valence-electron chi connectivity index (χ0n) is 15.2. The van der Waals surface area contributed by atoms with Gasteiger partial charge in [0.1, 0.15) is 17.4 Å². The van der Waals surface area contributed by atoms with Crippen molar-refractivity contribution in [2.24, 2.45) is 0 Å². The van der Waals surface area contributed by atoms with Gasteiger partial charge in [-0.25, -0.2) is 8.78 Å². The van der Waals surface area contributed by atoms with Crippen LogP contribution in [-0.2, 0) is 0 Å². The normalized spacial score (nSPS) is 13.2. The summed E-state index contributed by atoms with van der Waals surface area (Å²) in [7, 11) is 1.61. The van der Waals surface area contributed by atoms with Crippen LogP contribution in [0.2, 0.25) is 0 Å². The Morgan fingerprint density at radius 1 is 0.852 bits per heavy atom. The molecule has 3 aromatic carbocycles. The number of rotatable bonds is 6. The lowest BCUT2D eigenvalue weighted by Gasteiger charge is -2.25.